The van der Waals surface area contributed by atoms with Gasteiger partial charge in [0.25, 0.3) is 0 Å². The molecular weight excluding hydrogens is 310 g/mol. The molecule has 2 aromatic rings. The molecule has 1 aliphatic heterocycles. The maximum atomic E-state index is 12.8. The number of hydrogen-bond acceptors (Lipinski definition) is 2. The Labute approximate surface area is 150 Å². The molecule has 0 unspecified atom stereocenters. The van der Waals surface area contributed by atoms with Gasteiger partial charge in [-0.3, -0.25) is 4.90 Å². The highest BCUT2D eigenvalue weighted by molar-refractivity contribution is 5.75. The molecule has 3 rings (SSSR count). The molecule has 2 aromatic carbocycles. The second-order valence-corrected chi connectivity index (χ2v) is 6.82. The fourth-order valence-electron chi connectivity index (χ4n) is 3.31. The Balaban J connectivity index is 1.72. The van der Waals surface area contributed by atoms with Gasteiger partial charge >= 0.3 is 6.03 Å². The summed E-state index contributed by atoms with van der Waals surface area (Å²) in [5, 5.41) is 3.23. The Bertz CT molecular complexity index is 625. The second-order valence-electron chi connectivity index (χ2n) is 6.82. The van der Waals surface area contributed by atoms with E-state index in [4.69, 9.17) is 0 Å². The van der Waals surface area contributed by atoms with Gasteiger partial charge in [0, 0.05) is 32.2 Å². The summed E-state index contributed by atoms with van der Waals surface area (Å²) in [5.74, 6) is 0. The molecule has 0 spiro atoms. The van der Waals surface area contributed by atoms with Crippen LogP contribution < -0.4 is 5.32 Å². The molecule has 4 heteroatoms. The van der Waals surface area contributed by atoms with E-state index in [-0.39, 0.29) is 12.1 Å². The zero-order valence-electron chi connectivity index (χ0n) is 15.1. The fourth-order valence-corrected chi connectivity index (χ4v) is 3.31. The highest BCUT2D eigenvalue weighted by atomic mass is 16.2. The lowest BCUT2D eigenvalue weighted by Gasteiger charge is -2.37. The van der Waals surface area contributed by atoms with Crippen molar-refractivity contribution in [2.75, 3.05) is 26.2 Å². The van der Waals surface area contributed by atoms with Gasteiger partial charge in [-0.25, -0.2) is 4.79 Å². The van der Waals surface area contributed by atoms with Gasteiger partial charge in [-0.15, -0.1) is 0 Å². The van der Waals surface area contributed by atoms with Crippen molar-refractivity contribution in [3.63, 3.8) is 0 Å². The van der Waals surface area contributed by atoms with Crippen LogP contribution in [0.3, 0.4) is 0 Å². The SMILES string of the molecule is CC(C)N1CCN(C(=O)NC(c2ccccc2)c2ccccc2)CC1. The molecule has 1 fully saturated rings. The molecule has 0 atom stereocenters. The topological polar surface area (TPSA) is 35.6 Å². The van der Waals surface area contributed by atoms with Crippen molar-refractivity contribution in [1.29, 1.82) is 0 Å². The second kappa shape index (κ2) is 8.17. The van der Waals surface area contributed by atoms with Crippen LogP contribution in [0.15, 0.2) is 60.7 Å². The predicted molar refractivity (Wildman–Crippen MR) is 102 cm³/mol. The van der Waals surface area contributed by atoms with E-state index in [0.29, 0.717) is 6.04 Å². The zero-order valence-corrected chi connectivity index (χ0v) is 15.1. The summed E-state index contributed by atoms with van der Waals surface area (Å²) >= 11 is 0. The Kier molecular flexibility index (Phi) is 5.71. The summed E-state index contributed by atoms with van der Waals surface area (Å²) in [7, 11) is 0. The summed E-state index contributed by atoms with van der Waals surface area (Å²) in [6.45, 7) is 7.84. The summed E-state index contributed by atoms with van der Waals surface area (Å²) in [5.41, 5.74) is 2.20. The molecule has 0 bridgehead atoms. The Hall–Kier alpha value is -2.33. The lowest BCUT2D eigenvalue weighted by molar-refractivity contribution is 0.118. The average Bonchev–Trinajstić information content (AvgIpc) is 2.67. The molecule has 1 saturated heterocycles. The lowest BCUT2D eigenvalue weighted by atomic mass is 9.99. The molecular formula is C21H27N3O. The van der Waals surface area contributed by atoms with Gasteiger partial charge in [0.15, 0.2) is 0 Å². The van der Waals surface area contributed by atoms with E-state index in [1.807, 2.05) is 41.3 Å². The van der Waals surface area contributed by atoms with E-state index in [1.54, 1.807) is 0 Å². The molecule has 1 aliphatic rings. The van der Waals surface area contributed by atoms with Crippen molar-refractivity contribution in [3.8, 4) is 0 Å². The number of rotatable bonds is 4. The van der Waals surface area contributed by atoms with Gasteiger partial charge in [-0.2, -0.15) is 0 Å². The van der Waals surface area contributed by atoms with E-state index in [0.717, 1.165) is 37.3 Å². The van der Waals surface area contributed by atoms with Crippen molar-refractivity contribution in [1.82, 2.24) is 15.1 Å². The molecule has 132 valence electrons. The number of carbonyl (C=O) groups excluding carboxylic acids is 1. The number of nitrogens with one attached hydrogen (secondary N) is 1. The minimum atomic E-state index is -0.127. The zero-order chi connectivity index (χ0) is 17.6. The predicted octanol–water partition coefficient (Wildman–Crippen LogP) is 3.51. The minimum absolute atomic E-state index is 0.0149. The number of urea groups is 1. The Morgan fingerprint density at radius 1 is 0.840 bits per heavy atom. The largest absolute Gasteiger partial charge is 0.327 e. The van der Waals surface area contributed by atoms with Crippen LogP contribution in [0, 0.1) is 0 Å². The maximum absolute atomic E-state index is 12.8. The van der Waals surface area contributed by atoms with Crippen LogP contribution in [0.4, 0.5) is 4.79 Å². The molecule has 0 radical (unpaired) electrons. The standard InChI is InChI=1S/C21H27N3O/c1-17(2)23-13-15-24(16-14-23)21(25)22-20(18-9-5-3-6-10-18)19-11-7-4-8-12-19/h3-12,17,20H,13-16H2,1-2H3,(H,22,25). The first-order valence-electron chi connectivity index (χ1n) is 9.04. The molecule has 25 heavy (non-hydrogen) atoms. The molecule has 4 nitrogen and oxygen atoms in total. The monoisotopic (exact) mass is 337 g/mol. The number of nitrogens with zero attached hydrogens (tertiary/aromatic N) is 2. The number of piperazine rings is 1. The smallest absolute Gasteiger partial charge is 0.318 e. The normalized spacial score (nSPS) is 15.6. The highest BCUT2D eigenvalue weighted by Crippen LogP contribution is 2.22. The molecule has 0 aliphatic carbocycles. The highest BCUT2D eigenvalue weighted by Gasteiger charge is 2.25. The third kappa shape index (κ3) is 4.40. The van der Waals surface area contributed by atoms with E-state index in [9.17, 15) is 4.79 Å². The van der Waals surface area contributed by atoms with Crippen molar-refractivity contribution in [2.45, 2.75) is 25.9 Å². The van der Waals surface area contributed by atoms with Crippen molar-refractivity contribution >= 4 is 6.03 Å². The van der Waals surface area contributed by atoms with E-state index in [1.165, 1.54) is 0 Å². The Morgan fingerprint density at radius 3 is 1.76 bits per heavy atom. The first kappa shape index (κ1) is 17.5. The van der Waals surface area contributed by atoms with E-state index in [2.05, 4.69) is 48.3 Å². The average molecular weight is 337 g/mol. The van der Waals surface area contributed by atoms with Crippen LogP contribution in [0.2, 0.25) is 0 Å². The molecule has 0 aromatic heterocycles. The minimum Gasteiger partial charge on any atom is -0.327 e. The van der Waals surface area contributed by atoms with Crippen LogP contribution in [-0.2, 0) is 0 Å². The van der Waals surface area contributed by atoms with Crippen LogP contribution >= 0.6 is 0 Å². The van der Waals surface area contributed by atoms with Gasteiger partial charge in [0.2, 0.25) is 0 Å². The third-order valence-corrected chi connectivity index (χ3v) is 4.87. The summed E-state index contributed by atoms with van der Waals surface area (Å²) in [4.78, 5) is 17.2. The van der Waals surface area contributed by atoms with Crippen LogP contribution in [0.25, 0.3) is 0 Å². The van der Waals surface area contributed by atoms with Crippen molar-refractivity contribution in [2.24, 2.45) is 0 Å². The first-order valence-corrected chi connectivity index (χ1v) is 9.04. The summed E-state index contributed by atoms with van der Waals surface area (Å²) in [6.07, 6.45) is 0. The number of amides is 2. The molecule has 2 amide bonds. The van der Waals surface area contributed by atoms with Gasteiger partial charge in [-0.05, 0) is 25.0 Å². The number of benzene rings is 2. The molecule has 1 N–H and O–H groups in total. The van der Waals surface area contributed by atoms with Gasteiger partial charge in [0.05, 0.1) is 6.04 Å². The van der Waals surface area contributed by atoms with Crippen LogP contribution in [-0.4, -0.2) is 48.1 Å². The first-order chi connectivity index (χ1) is 12.1. The van der Waals surface area contributed by atoms with Crippen LogP contribution in [0.5, 0.6) is 0 Å². The van der Waals surface area contributed by atoms with E-state index >= 15 is 0 Å². The van der Waals surface area contributed by atoms with Crippen molar-refractivity contribution in [3.05, 3.63) is 71.8 Å². The lowest BCUT2D eigenvalue weighted by Crippen LogP contribution is -2.53. The van der Waals surface area contributed by atoms with Gasteiger partial charge in [0.1, 0.15) is 0 Å². The maximum Gasteiger partial charge on any atom is 0.318 e. The number of carbonyl (C=O) groups is 1. The van der Waals surface area contributed by atoms with Gasteiger partial charge < -0.3 is 10.2 Å². The van der Waals surface area contributed by atoms with Crippen molar-refractivity contribution < 1.29 is 4.79 Å². The number of hydrogen-bond donors (Lipinski definition) is 1. The van der Waals surface area contributed by atoms with Crippen LogP contribution in [0.1, 0.15) is 31.0 Å². The van der Waals surface area contributed by atoms with E-state index < -0.39 is 0 Å². The molecule has 1 heterocycles. The fraction of sp³-hybridized carbons (Fsp3) is 0.381. The van der Waals surface area contributed by atoms with Gasteiger partial charge in [-0.1, -0.05) is 60.7 Å². The Morgan fingerprint density at radius 2 is 1.32 bits per heavy atom. The summed E-state index contributed by atoms with van der Waals surface area (Å²) in [6, 6.07) is 20.7. The molecule has 0 saturated carbocycles. The third-order valence-electron chi connectivity index (χ3n) is 4.87. The summed E-state index contributed by atoms with van der Waals surface area (Å²) < 4.78 is 0. The quantitative estimate of drug-likeness (QED) is 0.927.